The second kappa shape index (κ2) is 8.96. The number of thioether (sulfide) groups is 1. The van der Waals surface area contributed by atoms with Gasteiger partial charge in [0.05, 0.1) is 23.7 Å². The molecule has 0 aliphatic heterocycles. The molecule has 0 unspecified atom stereocenters. The Morgan fingerprint density at radius 1 is 1.14 bits per heavy atom. The summed E-state index contributed by atoms with van der Waals surface area (Å²) in [6.45, 7) is 5.69. The van der Waals surface area contributed by atoms with Gasteiger partial charge in [0, 0.05) is 16.1 Å². The SMILES string of the molecule is CCOC(=O)c1c(C)nn(-c2ccc(C(=O)Nc3cccc(SC)c3)cc2)c1C. The molecule has 1 aromatic heterocycles. The molecular weight excluding hydrogens is 386 g/mol. The third-order valence-corrected chi connectivity index (χ3v) is 5.20. The standard InChI is InChI=1S/C22H23N3O3S/c1-5-28-22(27)20-14(2)24-25(15(20)3)18-11-9-16(10-12-18)21(26)23-17-7-6-8-19(13-17)29-4/h6-13H,5H2,1-4H3,(H,23,26). The monoisotopic (exact) mass is 409 g/mol. The van der Waals surface area contributed by atoms with Crippen LogP contribution in [0.5, 0.6) is 0 Å². The Bertz CT molecular complexity index is 1040. The molecule has 3 rings (SSSR count). The van der Waals surface area contributed by atoms with Gasteiger partial charge in [-0.25, -0.2) is 9.48 Å². The van der Waals surface area contributed by atoms with Crippen molar-refractivity contribution in [2.45, 2.75) is 25.7 Å². The molecule has 3 aromatic rings. The van der Waals surface area contributed by atoms with Gasteiger partial charge in [0.15, 0.2) is 0 Å². The van der Waals surface area contributed by atoms with Crippen molar-refractivity contribution in [1.82, 2.24) is 9.78 Å². The van der Waals surface area contributed by atoms with Crippen molar-refractivity contribution in [2.24, 2.45) is 0 Å². The van der Waals surface area contributed by atoms with Gasteiger partial charge >= 0.3 is 5.97 Å². The Hall–Kier alpha value is -3.06. The van der Waals surface area contributed by atoms with Crippen LogP contribution in [0.25, 0.3) is 5.69 Å². The van der Waals surface area contributed by atoms with Gasteiger partial charge in [0.1, 0.15) is 5.56 Å². The molecule has 0 saturated heterocycles. The fourth-order valence-corrected chi connectivity index (χ4v) is 3.51. The number of hydrogen-bond acceptors (Lipinski definition) is 5. The Morgan fingerprint density at radius 3 is 2.52 bits per heavy atom. The number of hydrogen-bond donors (Lipinski definition) is 1. The van der Waals surface area contributed by atoms with Crippen LogP contribution in [0.15, 0.2) is 53.4 Å². The van der Waals surface area contributed by atoms with Gasteiger partial charge in [0.25, 0.3) is 5.91 Å². The van der Waals surface area contributed by atoms with Crippen molar-refractivity contribution in [3.63, 3.8) is 0 Å². The Labute approximate surface area is 174 Å². The molecule has 0 saturated carbocycles. The quantitative estimate of drug-likeness (QED) is 0.474. The maximum Gasteiger partial charge on any atom is 0.341 e. The minimum atomic E-state index is -0.378. The fraction of sp³-hybridized carbons (Fsp3) is 0.227. The molecular formula is C22H23N3O3S. The van der Waals surface area contributed by atoms with Crippen molar-refractivity contribution >= 4 is 29.3 Å². The zero-order chi connectivity index (χ0) is 21.0. The molecule has 0 radical (unpaired) electrons. The van der Waals surface area contributed by atoms with E-state index in [4.69, 9.17) is 4.74 Å². The highest BCUT2D eigenvalue weighted by atomic mass is 32.2. The van der Waals surface area contributed by atoms with Gasteiger partial charge in [0.2, 0.25) is 0 Å². The summed E-state index contributed by atoms with van der Waals surface area (Å²) in [5, 5.41) is 7.37. The first-order chi connectivity index (χ1) is 13.9. The van der Waals surface area contributed by atoms with Crippen molar-refractivity contribution in [1.29, 1.82) is 0 Å². The van der Waals surface area contributed by atoms with E-state index >= 15 is 0 Å². The molecule has 1 N–H and O–H groups in total. The lowest BCUT2D eigenvalue weighted by Crippen LogP contribution is -2.12. The number of rotatable bonds is 6. The molecule has 7 heteroatoms. The number of aromatic nitrogens is 2. The highest BCUT2D eigenvalue weighted by molar-refractivity contribution is 7.98. The molecule has 29 heavy (non-hydrogen) atoms. The minimum absolute atomic E-state index is 0.185. The molecule has 1 heterocycles. The first kappa shape index (κ1) is 20.7. The van der Waals surface area contributed by atoms with E-state index in [2.05, 4.69) is 10.4 Å². The summed E-state index contributed by atoms with van der Waals surface area (Å²) in [5.41, 5.74) is 3.84. The molecule has 1 amide bonds. The van der Waals surface area contributed by atoms with Gasteiger partial charge in [-0.15, -0.1) is 11.8 Å². The Morgan fingerprint density at radius 2 is 1.86 bits per heavy atom. The first-order valence-electron chi connectivity index (χ1n) is 9.23. The van der Waals surface area contributed by atoms with E-state index in [0.717, 1.165) is 16.3 Å². The number of carbonyl (C=O) groups excluding carboxylic acids is 2. The molecule has 6 nitrogen and oxygen atoms in total. The normalized spacial score (nSPS) is 10.6. The maximum atomic E-state index is 12.5. The van der Waals surface area contributed by atoms with E-state index in [1.165, 1.54) is 0 Å². The van der Waals surface area contributed by atoms with Crippen LogP contribution in [0, 0.1) is 13.8 Å². The highest BCUT2D eigenvalue weighted by Gasteiger charge is 2.20. The van der Waals surface area contributed by atoms with Crippen molar-refractivity contribution < 1.29 is 14.3 Å². The van der Waals surface area contributed by atoms with E-state index in [1.807, 2.05) is 49.6 Å². The van der Waals surface area contributed by atoms with E-state index in [1.54, 1.807) is 42.4 Å². The van der Waals surface area contributed by atoms with Crippen molar-refractivity contribution in [2.75, 3.05) is 18.2 Å². The zero-order valence-corrected chi connectivity index (χ0v) is 17.7. The third-order valence-electron chi connectivity index (χ3n) is 4.47. The van der Waals surface area contributed by atoms with Crippen LogP contribution in [-0.4, -0.2) is 34.5 Å². The average Bonchev–Trinajstić information content (AvgIpc) is 3.02. The van der Waals surface area contributed by atoms with Crippen molar-refractivity contribution in [3.05, 3.63) is 71.0 Å². The largest absolute Gasteiger partial charge is 0.462 e. The van der Waals surface area contributed by atoms with E-state index in [9.17, 15) is 9.59 Å². The number of esters is 1. The smallest absolute Gasteiger partial charge is 0.341 e. The van der Waals surface area contributed by atoms with E-state index < -0.39 is 0 Å². The van der Waals surface area contributed by atoms with Crippen LogP contribution in [0.3, 0.4) is 0 Å². The second-order valence-electron chi connectivity index (χ2n) is 6.41. The van der Waals surface area contributed by atoms with Crippen molar-refractivity contribution in [3.8, 4) is 5.69 Å². The predicted octanol–water partition coefficient (Wildman–Crippen LogP) is 4.64. The molecule has 0 atom stereocenters. The van der Waals surface area contributed by atoms with Gasteiger partial charge in [-0.1, -0.05) is 6.07 Å². The van der Waals surface area contributed by atoms with Crippen LogP contribution < -0.4 is 5.32 Å². The summed E-state index contributed by atoms with van der Waals surface area (Å²) in [6.07, 6.45) is 1.99. The van der Waals surface area contributed by atoms with Crippen LogP contribution >= 0.6 is 11.8 Å². The molecule has 150 valence electrons. The average molecular weight is 410 g/mol. The topological polar surface area (TPSA) is 73.2 Å². The summed E-state index contributed by atoms with van der Waals surface area (Å²) in [5.74, 6) is -0.562. The molecule has 0 fully saturated rings. The number of aryl methyl sites for hydroxylation is 1. The van der Waals surface area contributed by atoms with E-state index in [0.29, 0.717) is 29.1 Å². The number of ether oxygens (including phenoxy) is 1. The summed E-state index contributed by atoms with van der Waals surface area (Å²) >= 11 is 1.62. The lowest BCUT2D eigenvalue weighted by atomic mass is 10.1. The molecule has 0 spiro atoms. The molecule has 0 aliphatic carbocycles. The van der Waals surface area contributed by atoms with E-state index in [-0.39, 0.29) is 11.9 Å². The summed E-state index contributed by atoms with van der Waals surface area (Å²) in [7, 11) is 0. The lowest BCUT2D eigenvalue weighted by molar-refractivity contribution is 0.0524. The Balaban J connectivity index is 1.80. The summed E-state index contributed by atoms with van der Waals surface area (Å²) in [6, 6.07) is 14.8. The molecule has 0 bridgehead atoms. The number of nitrogens with one attached hydrogen (secondary N) is 1. The maximum absolute atomic E-state index is 12.5. The first-order valence-corrected chi connectivity index (χ1v) is 10.5. The van der Waals surface area contributed by atoms with Gasteiger partial charge in [-0.05, 0) is 69.5 Å². The number of nitrogens with zero attached hydrogens (tertiary/aromatic N) is 2. The number of amides is 1. The fourth-order valence-electron chi connectivity index (χ4n) is 3.05. The minimum Gasteiger partial charge on any atom is -0.462 e. The van der Waals surface area contributed by atoms with Gasteiger partial charge in [-0.2, -0.15) is 5.10 Å². The number of carbonyl (C=O) groups is 2. The van der Waals surface area contributed by atoms with Crippen LogP contribution in [0.1, 0.15) is 39.0 Å². The lowest BCUT2D eigenvalue weighted by Gasteiger charge is -2.09. The molecule has 2 aromatic carbocycles. The highest BCUT2D eigenvalue weighted by Crippen LogP contribution is 2.21. The van der Waals surface area contributed by atoms with Crippen LogP contribution in [0.2, 0.25) is 0 Å². The van der Waals surface area contributed by atoms with Crippen LogP contribution in [0.4, 0.5) is 5.69 Å². The van der Waals surface area contributed by atoms with Crippen LogP contribution in [-0.2, 0) is 4.74 Å². The predicted molar refractivity (Wildman–Crippen MR) is 115 cm³/mol. The summed E-state index contributed by atoms with van der Waals surface area (Å²) < 4.78 is 6.80. The van der Waals surface area contributed by atoms with Gasteiger partial charge < -0.3 is 10.1 Å². The number of benzene rings is 2. The number of anilines is 1. The summed E-state index contributed by atoms with van der Waals surface area (Å²) in [4.78, 5) is 25.8. The van der Waals surface area contributed by atoms with Gasteiger partial charge in [-0.3, -0.25) is 4.79 Å². The second-order valence-corrected chi connectivity index (χ2v) is 7.29. The third kappa shape index (κ3) is 4.51. The zero-order valence-electron chi connectivity index (χ0n) is 16.9. The Kier molecular flexibility index (Phi) is 6.39. The molecule has 0 aliphatic rings.